The van der Waals surface area contributed by atoms with Gasteiger partial charge in [0.25, 0.3) is 6.43 Å². The predicted molar refractivity (Wildman–Crippen MR) is 60.8 cm³/mol. The van der Waals surface area contributed by atoms with Crippen LogP contribution in [0, 0.1) is 0 Å². The van der Waals surface area contributed by atoms with Crippen LogP contribution in [-0.4, -0.2) is 19.8 Å². The number of hydrogen-bond acceptors (Lipinski definition) is 4. The van der Waals surface area contributed by atoms with E-state index in [0.717, 1.165) is 6.42 Å². The highest BCUT2D eigenvalue weighted by Gasteiger charge is 2.19. The van der Waals surface area contributed by atoms with E-state index in [1.165, 1.54) is 6.07 Å². The van der Waals surface area contributed by atoms with Crippen molar-refractivity contribution in [2.75, 3.05) is 19.8 Å². The fraction of sp³-hybridized carbons (Fsp3) is 0.500. The molecule has 0 radical (unpaired) electrons. The van der Waals surface area contributed by atoms with Gasteiger partial charge in [0.2, 0.25) is 0 Å². The Kier molecular flexibility index (Phi) is 4.33. The van der Waals surface area contributed by atoms with Crippen molar-refractivity contribution in [2.45, 2.75) is 19.3 Å². The topological polar surface area (TPSA) is 53.7 Å². The fourth-order valence-electron chi connectivity index (χ4n) is 1.86. The number of alkyl halides is 2. The molecule has 0 saturated carbocycles. The predicted octanol–water partition coefficient (Wildman–Crippen LogP) is 2.22. The van der Waals surface area contributed by atoms with Gasteiger partial charge in [-0.3, -0.25) is 0 Å². The number of hydrogen-bond donors (Lipinski definition) is 1. The van der Waals surface area contributed by atoms with E-state index in [-0.39, 0.29) is 12.2 Å². The number of benzene rings is 1. The highest BCUT2D eigenvalue weighted by molar-refractivity contribution is 5.48. The monoisotopic (exact) mass is 259 g/mol. The van der Waals surface area contributed by atoms with Gasteiger partial charge in [-0.1, -0.05) is 0 Å². The SMILES string of the molecule is NOCCc1cc2c(cc1C(F)F)OCCCO2. The van der Waals surface area contributed by atoms with E-state index < -0.39 is 6.43 Å². The molecule has 0 bridgehead atoms. The maximum absolute atomic E-state index is 13.0. The molecule has 0 aliphatic carbocycles. The standard InChI is InChI=1S/C12H15F2NO3/c13-12(14)9-7-11-10(16-3-1-4-17-11)6-8(9)2-5-18-15/h6-7,12H,1-5,15H2. The molecular formula is C12H15F2NO3. The molecule has 1 aliphatic rings. The zero-order valence-corrected chi connectivity index (χ0v) is 9.83. The normalized spacial score (nSPS) is 14.7. The van der Waals surface area contributed by atoms with E-state index in [1.54, 1.807) is 6.07 Å². The smallest absolute Gasteiger partial charge is 0.264 e. The maximum atomic E-state index is 13.0. The second kappa shape index (κ2) is 5.97. The lowest BCUT2D eigenvalue weighted by molar-refractivity contribution is 0.135. The van der Waals surface area contributed by atoms with Crippen molar-refractivity contribution in [1.82, 2.24) is 0 Å². The second-order valence-electron chi connectivity index (χ2n) is 3.97. The quantitative estimate of drug-likeness (QED) is 0.842. The minimum absolute atomic E-state index is 0.0590. The highest BCUT2D eigenvalue weighted by atomic mass is 19.3. The van der Waals surface area contributed by atoms with Crippen LogP contribution in [0.3, 0.4) is 0 Å². The van der Waals surface area contributed by atoms with Crippen LogP contribution in [0.5, 0.6) is 11.5 Å². The van der Waals surface area contributed by atoms with Crippen LogP contribution in [0.2, 0.25) is 0 Å². The van der Waals surface area contributed by atoms with Crippen LogP contribution in [0.15, 0.2) is 12.1 Å². The Labute approximate surface area is 104 Å². The summed E-state index contributed by atoms with van der Waals surface area (Å²) in [7, 11) is 0. The van der Waals surface area contributed by atoms with Crippen molar-refractivity contribution < 1.29 is 23.1 Å². The van der Waals surface area contributed by atoms with E-state index in [1.807, 2.05) is 0 Å². The van der Waals surface area contributed by atoms with E-state index >= 15 is 0 Å². The highest BCUT2D eigenvalue weighted by Crippen LogP contribution is 2.36. The lowest BCUT2D eigenvalue weighted by Crippen LogP contribution is -2.06. The Morgan fingerprint density at radius 2 is 1.89 bits per heavy atom. The summed E-state index contributed by atoms with van der Waals surface area (Å²) in [5.41, 5.74) is 0.413. The fourth-order valence-corrected chi connectivity index (χ4v) is 1.86. The summed E-state index contributed by atoms with van der Waals surface area (Å²) in [6.07, 6.45) is -1.51. The average molecular weight is 259 g/mol. The van der Waals surface area contributed by atoms with Gasteiger partial charge in [-0.25, -0.2) is 14.7 Å². The molecule has 18 heavy (non-hydrogen) atoms. The van der Waals surface area contributed by atoms with Crippen molar-refractivity contribution in [3.05, 3.63) is 23.3 Å². The average Bonchev–Trinajstić information content (AvgIpc) is 2.59. The summed E-state index contributed by atoms with van der Waals surface area (Å²) < 4.78 is 36.8. The molecule has 0 spiro atoms. The molecule has 1 aliphatic heterocycles. The van der Waals surface area contributed by atoms with Crippen LogP contribution >= 0.6 is 0 Å². The van der Waals surface area contributed by atoms with Crippen LogP contribution in [0.1, 0.15) is 24.0 Å². The molecule has 6 heteroatoms. The zero-order chi connectivity index (χ0) is 13.0. The third kappa shape index (κ3) is 2.88. The Hall–Kier alpha value is -1.40. The summed E-state index contributed by atoms with van der Waals surface area (Å²) in [6, 6.07) is 2.93. The first kappa shape index (κ1) is 13.0. The molecule has 2 rings (SSSR count). The molecule has 4 nitrogen and oxygen atoms in total. The number of fused-ring (bicyclic) bond motifs is 1. The van der Waals surface area contributed by atoms with Crippen molar-refractivity contribution in [3.8, 4) is 11.5 Å². The number of rotatable bonds is 4. The van der Waals surface area contributed by atoms with Gasteiger partial charge in [-0.15, -0.1) is 0 Å². The number of halogens is 2. The lowest BCUT2D eigenvalue weighted by Gasteiger charge is -2.14. The van der Waals surface area contributed by atoms with Gasteiger partial charge >= 0.3 is 0 Å². The Bertz CT molecular complexity index is 413. The molecule has 2 N–H and O–H groups in total. The largest absolute Gasteiger partial charge is 0.490 e. The molecule has 0 saturated heterocycles. The van der Waals surface area contributed by atoms with Crippen molar-refractivity contribution in [3.63, 3.8) is 0 Å². The van der Waals surface area contributed by atoms with Crippen LogP contribution in [0.25, 0.3) is 0 Å². The molecule has 0 aromatic heterocycles. The molecule has 100 valence electrons. The Morgan fingerprint density at radius 1 is 1.22 bits per heavy atom. The number of ether oxygens (including phenoxy) is 2. The molecule has 0 fully saturated rings. The zero-order valence-electron chi connectivity index (χ0n) is 9.83. The summed E-state index contributed by atoms with van der Waals surface area (Å²) in [5, 5.41) is 0. The van der Waals surface area contributed by atoms with Gasteiger partial charge < -0.3 is 14.3 Å². The van der Waals surface area contributed by atoms with Gasteiger partial charge in [-0.05, 0) is 24.1 Å². The first-order valence-corrected chi connectivity index (χ1v) is 5.74. The Balaban J connectivity index is 2.34. The molecule has 1 heterocycles. The van der Waals surface area contributed by atoms with Crippen LogP contribution < -0.4 is 15.4 Å². The van der Waals surface area contributed by atoms with Crippen molar-refractivity contribution in [2.24, 2.45) is 5.90 Å². The second-order valence-corrected chi connectivity index (χ2v) is 3.97. The molecule has 0 atom stereocenters. The first-order valence-electron chi connectivity index (χ1n) is 5.74. The van der Waals surface area contributed by atoms with Crippen LogP contribution in [-0.2, 0) is 11.3 Å². The third-order valence-electron chi connectivity index (χ3n) is 2.73. The molecule has 0 amide bonds. The van der Waals surface area contributed by atoms with Crippen LogP contribution in [0.4, 0.5) is 8.78 Å². The Morgan fingerprint density at radius 3 is 2.50 bits per heavy atom. The minimum Gasteiger partial charge on any atom is -0.490 e. The lowest BCUT2D eigenvalue weighted by atomic mass is 10.0. The number of nitrogens with two attached hydrogens (primary N) is 1. The van der Waals surface area contributed by atoms with E-state index in [0.29, 0.717) is 36.7 Å². The van der Waals surface area contributed by atoms with Gasteiger partial charge in [-0.2, -0.15) is 0 Å². The van der Waals surface area contributed by atoms with Crippen molar-refractivity contribution >= 4 is 0 Å². The van der Waals surface area contributed by atoms with Gasteiger partial charge in [0.15, 0.2) is 11.5 Å². The molecule has 1 aromatic rings. The third-order valence-corrected chi connectivity index (χ3v) is 2.73. The van der Waals surface area contributed by atoms with Crippen molar-refractivity contribution in [1.29, 1.82) is 0 Å². The van der Waals surface area contributed by atoms with Gasteiger partial charge in [0, 0.05) is 12.0 Å². The first-order chi connectivity index (χ1) is 8.72. The summed E-state index contributed by atoms with van der Waals surface area (Å²) in [6.45, 7) is 1.17. The van der Waals surface area contributed by atoms with Gasteiger partial charge in [0.05, 0.1) is 19.8 Å². The molecule has 1 aromatic carbocycles. The molecule has 0 unspecified atom stereocenters. The summed E-state index contributed by atoms with van der Waals surface area (Å²) in [5.74, 6) is 5.80. The van der Waals surface area contributed by atoms with E-state index in [4.69, 9.17) is 15.4 Å². The van der Waals surface area contributed by atoms with Gasteiger partial charge in [0.1, 0.15) is 0 Å². The summed E-state index contributed by atoms with van der Waals surface area (Å²) >= 11 is 0. The maximum Gasteiger partial charge on any atom is 0.264 e. The minimum atomic E-state index is -2.56. The summed E-state index contributed by atoms with van der Waals surface area (Å²) in [4.78, 5) is 4.43. The molecular weight excluding hydrogens is 244 g/mol. The van der Waals surface area contributed by atoms with E-state index in [9.17, 15) is 8.78 Å². The van der Waals surface area contributed by atoms with E-state index in [2.05, 4.69) is 4.84 Å².